The molecule has 1 saturated carbocycles. The molecule has 0 heterocycles. The molecule has 46 heavy (non-hydrogen) atoms. The van der Waals surface area contributed by atoms with Crippen molar-refractivity contribution in [2.24, 2.45) is 35.5 Å². The van der Waals surface area contributed by atoms with Gasteiger partial charge in [0.25, 0.3) is 0 Å². The van der Waals surface area contributed by atoms with Gasteiger partial charge in [0.1, 0.15) is 0 Å². The number of benzene rings is 2. The lowest BCUT2D eigenvalue weighted by molar-refractivity contribution is -0.187. The second-order valence-corrected chi connectivity index (χ2v) is 13.3. The molecule has 3 rings (SSSR count). The minimum Gasteiger partial charge on any atom is -0.481 e. The predicted octanol–water partition coefficient (Wildman–Crippen LogP) is 6.43. The maximum absolute atomic E-state index is 13.9. The lowest BCUT2D eigenvalue weighted by Gasteiger charge is -2.48. The van der Waals surface area contributed by atoms with Crippen molar-refractivity contribution in [3.05, 3.63) is 71.8 Å². The fourth-order valence-corrected chi connectivity index (χ4v) is 7.05. The highest BCUT2D eigenvalue weighted by Crippen LogP contribution is 2.49. The molecule has 2 N–H and O–H groups in total. The van der Waals surface area contributed by atoms with Gasteiger partial charge < -0.3 is 20.0 Å². The summed E-state index contributed by atoms with van der Waals surface area (Å²) in [6.45, 7) is 9.72. The molecule has 2 amide bonds. The third-order valence-corrected chi connectivity index (χ3v) is 9.37. The van der Waals surface area contributed by atoms with Gasteiger partial charge in [-0.2, -0.15) is 0 Å². The molecule has 0 aliphatic heterocycles. The maximum atomic E-state index is 13.9. The number of hydrogen-bond acceptors (Lipinski definition) is 4. The molecule has 0 aromatic heterocycles. The Morgan fingerprint density at radius 3 is 1.26 bits per heavy atom. The number of carboxylic acids is 2. The van der Waals surface area contributed by atoms with Crippen molar-refractivity contribution >= 4 is 23.8 Å². The van der Waals surface area contributed by atoms with Crippen molar-refractivity contribution < 1.29 is 29.4 Å². The van der Waals surface area contributed by atoms with Crippen molar-refractivity contribution in [1.82, 2.24) is 9.80 Å². The van der Waals surface area contributed by atoms with E-state index in [0.717, 1.165) is 38.5 Å². The van der Waals surface area contributed by atoms with E-state index in [1.807, 2.05) is 50.2 Å². The normalized spacial score (nSPS) is 20.3. The minimum absolute atomic E-state index is 0.159. The average Bonchev–Trinajstić information content (AvgIpc) is 3.00. The smallest absolute Gasteiger partial charge is 0.308 e. The van der Waals surface area contributed by atoms with E-state index in [4.69, 9.17) is 0 Å². The van der Waals surface area contributed by atoms with E-state index < -0.39 is 47.4 Å². The second-order valence-electron chi connectivity index (χ2n) is 13.3. The van der Waals surface area contributed by atoms with Crippen LogP contribution in [0.4, 0.5) is 0 Å². The molecule has 0 spiro atoms. The number of aliphatic carboxylic acids is 2. The van der Waals surface area contributed by atoms with Crippen LogP contribution in [0.2, 0.25) is 0 Å². The summed E-state index contributed by atoms with van der Waals surface area (Å²) in [5.74, 6) is -8.42. The number of carbonyl (C=O) groups is 4. The zero-order valence-corrected chi connectivity index (χ0v) is 28.1. The molecule has 2 aromatic carbocycles. The molecule has 0 radical (unpaired) electrons. The number of amides is 2. The first kappa shape index (κ1) is 36.8. The number of nitrogens with zero attached hydrogens (tertiary/aromatic N) is 2. The summed E-state index contributed by atoms with van der Waals surface area (Å²) in [6.07, 6.45) is 6.87. The second kappa shape index (κ2) is 18.5. The first-order chi connectivity index (χ1) is 22.1. The molecular formula is C38H54N2O6. The van der Waals surface area contributed by atoms with Crippen LogP contribution in [0.15, 0.2) is 60.7 Å². The predicted molar refractivity (Wildman–Crippen MR) is 180 cm³/mol. The molecule has 0 bridgehead atoms. The van der Waals surface area contributed by atoms with Gasteiger partial charge in [0.05, 0.1) is 23.7 Å². The van der Waals surface area contributed by atoms with E-state index in [1.54, 1.807) is 9.80 Å². The lowest BCUT2D eigenvalue weighted by atomic mass is 9.55. The molecule has 8 nitrogen and oxygen atoms in total. The Morgan fingerprint density at radius 1 is 0.609 bits per heavy atom. The Labute approximate surface area is 275 Å². The standard InChI is InChI=1S/C38H54N2O6/c1-5-23-39(25-27(3)15-13-21-29-17-9-7-10-18-29)35(41)31-33(37(43)44)32(34(31)38(45)46)36(42)40(24-6-2)26-28(4)16-14-22-30-19-11-8-12-20-30/h7-12,17-20,27-28,31-34H,5-6,13-16,21-26H2,1-4H3,(H,43,44)(H,45,46)/t27-,28-,31-,32-,33-,34-/m1/s1. The van der Waals surface area contributed by atoms with Crippen molar-refractivity contribution in [1.29, 1.82) is 0 Å². The van der Waals surface area contributed by atoms with Crippen LogP contribution in [0.25, 0.3) is 0 Å². The lowest BCUT2D eigenvalue weighted by Crippen LogP contribution is -2.64. The Bertz CT molecular complexity index is 1150. The molecular weight excluding hydrogens is 580 g/mol. The van der Waals surface area contributed by atoms with Gasteiger partial charge in [-0.15, -0.1) is 0 Å². The van der Waals surface area contributed by atoms with E-state index in [-0.39, 0.29) is 11.8 Å². The monoisotopic (exact) mass is 634 g/mol. The minimum atomic E-state index is -1.36. The summed E-state index contributed by atoms with van der Waals surface area (Å²) >= 11 is 0. The van der Waals surface area contributed by atoms with Gasteiger partial charge in [0, 0.05) is 26.2 Å². The molecule has 1 aliphatic carbocycles. The van der Waals surface area contributed by atoms with Crippen molar-refractivity contribution in [3.63, 3.8) is 0 Å². The molecule has 1 aliphatic rings. The molecule has 8 heteroatoms. The van der Waals surface area contributed by atoms with E-state index in [2.05, 4.69) is 38.1 Å². The zero-order valence-electron chi connectivity index (χ0n) is 28.1. The van der Waals surface area contributed by atoms with Gasteiger partial charge >= 0.3 is 11.9 Å². The van der Waals surface area contributed by atoms with Crippen LogP contribution >= 0.6 is 0 Å². The van der Waals surface area contributed by atoms with Gasteiger partial charge in [-0.1, -0.05) is 88.4 Å². The summed E-state index contributed by atoms with van der Waals surface area (Å²) in [6, 6.07) is 20.4. The Morgan fingerprint density at radius 2 is 0.957 bits per heavy atom. The molecule has 252 valence electrons. The Kier molecular flexibility index (Phi) is 14.8. The maximum Gasteiger partial charge on any atom is 0.308 e. The number of aryl methyl sites for hydroxylation is 2. The van der Waals surface area contributed by atoms with Crippen LogP contribution in [0, 0.1) is 35.5 Å². The summed E-state index contributed by atoms with van der Waals surface area (Å²) in [5, 5.41) is 20.5. The van der Waals surface area contributed by atoms with Gasteiger partial charge in [-0.3, -0.25) is 19.2 Å². The third kappa shape index (κ3) is 10.2. The SMILES string of the molecule is CCCN(C[C@H](C)CCCc1ccccc1)C(=O)[C@H]1[C@H](C(=O)O)[C@H](C(=O)N(CCC)C[C@H](C)CCCc2ccccc2)[C@H]1C(=O)O. The number of rotatable bonds is 20. The van der Waals surface area contributed by atoms with Crippen LogP contribution in [0.5, 0.6) is 0 Å². The first-order valence-electron chi connectivity index (χ1n) is 17.2. The third-order valence-electron chi connectivity index (χ3n) is 9.37. The zero-order chi connectivity index (χ0) is 33.6. The van der Waals surface area contributed by atoms with E-state index in [0.29, 0.717) is 39.0 Å². The average molecular weight is 635 g/mol. The number of carbonyl (C=O) groups excluding carboxylic acids is 2. The number of hydrogen-bond donors (Lipinski definition) is 2. The van der Waals surface area contributed by atoms with Gasteiger partial charge in [0.15, 0.2) is 0 Å². The van der Waals surface area contributed by atoms with Gasteiger partial charge in [0.2, 0.25) is 11.8 Å². The molecule has 0 unspecified atom stereocenters. The van der Waals surface area contributed by atoms with Gasteiger partial charge in [-0.25, -0.2) is 0 Å². The van der Waals surface area contributed by atoms with E-state index in [1.165, 1.54) is 11.1 Å². The molecule has 1 fully saturated rings. The summed E-state index contributed by atoms with van der Waals surface area (Å²) < 4.78 is 0. The highest BCUT2D eigenvalue weighted by atomic mass is 16.4. The molecule has 2 atom stereocenters. The van der Waals surface area contributed by atoms with Crippen molar-refractivity contribution in [2.75, 3.05) is 26.2 Å². The van der Waals surface area contributed by atoms with Crippen LogP contribution in [-0.4, -0.2) is 69.9 Å². The van der Waals surface area contributed by atoms with Crippen molar-refractivity contribution in [2.45, 2.75) is 79.1 Å². The highest BCUT2D eigenvalue weighted by Gasteiger charge is 2.64. The summed E-state index contributed by atoms with van der Waals surface area (Å²) in [4.78, 5) is 56.3. The fourth-order valence-electron chi connectivity index (χ4n) is 7.05. The van der Waals surface area contributed by atoms with Gasteiger partial charge in [-0.05, 0) is 74.3 Å². The van der Waals surface area contributed by atoms with Crippen LogP contribution in [-0.2, 0) is 32.0 Å². The largest absolute Gasteiger partial charge is 0.481 e. The summed E-state index contributed by atoms with van der Waals surface area (Å²) in [5.41, 5.74) is 2.52. The summed E-state index contributed by atoms with van der Waals surface area (Å²) in [7, 11) is 0. The fraction of sp³-hybridized carbons (Fsp3) is 0.579. The molecule has 0 saturated heterocycles. The number of carboxylic acid groups (broad SMARTS) is 2. The molecule has 2 aromatic rings. The van der Waals surface area contributed by atoms with Crippen LogP contribution in [0.1, 0.15) is 77.3 Å². The van der Waals surface area contributed by atoms with Crippen LogP contribution in [0.3, 0.4) is 0 Å². The van der Waals surface area contributed by atoms with Crippen LogP contribution < -0.4 is 0 Å². The Hall–Kier alpha value is -3.68. The van der Waals surface area contributed by atoms with Crippen molar-refractivity contribution in [3.8, 4) is 0 Å². The Balaban J connectivity index is 1.68. The van der Waals surface area contributed by atoms with E-state index >= 15 is 0 Å². The highest BCUT2D eigenvalue weighted by molar-refractivity contribution is 5.99. The topological polar surface area (TPSA) is 115 Å². The first-order valence-corrected chi connectivity index (χ1v) is 17.2. The quantitative estimate of drug-likeness (QED) is 0.174. The van der Waals surface area contributed by atoms with E-state index in [9.17, 15) is 29.4 Å².